The number of aromatic nitrogens is 1. The number of rotatable bonds is 25. The fourth-order valence-corrected chi connectivity index (χ4v) is 7.35. The topological polar surface area (TPSA) is 102 Å². The lowest BCUT2D eigenvalue weighted by Crippen LogP contribution is -2.37. The van der Waals surface area contributed by atoms with E-state index in [9.17, 15) is 9.59 Å². The van der Waals surface area contributed by atoms with Crippen molar-refractivity contribution in [3.8, 4) is 0 Å². The predicted octanol–water partition coefficient (Wildman–Crippen LogP) is 6.06. The first kappa shape index (κ1) is 41.1. The van der Waals surface area contributed by atoms with Crippen molar-refractivity contribution in [2.24, 2.45) is 13.0 Å². The highest BCUT2D eigenvalue weighted by Gasteiger charge is 2.26. The summed E-state index contributed by atoms with van der Waals surface area (Å²) in [6, 6.07) is 19.3. The summed E-state index contributed by atoms with van der Waals surface area (Å²) in [5.74, 6) is 0.979. The van der Waals surface area contributed by atoms with Crippen LogP contribution >= 0.6 is 0 Å². The number of benzene rings is 2. The van der Waals surface area contributed by atoms with Crippen molar-refractivity contribution >= 4 is 34.4 Å². The van der Waals surface area contributed by atoms with Gasteiger partial charge in [0.15, 0.2) is 6.20 Å². The van der Waals surface area contributed by atoms with Crippen molar-refractivity contribution < 1.29 is 33.1 Å². The number of allylic oxidation sites excluding steroid dienone is 2. The van der Waals surface area contributed by atoms with Gasteiger partial charge in [-0.3, -0.25) is 9.59 Å². The maximum atomic E-state index is 13.0. The SMILES string of the molecule is C=C1CC(CCCCCC(=O)CCCOCCOCCOCCOCCNC(=O)CN2C(=Cc3cc[n+](C)c4ccccc34)Cc3ccccc32)C(C)N1. The summed E-state index contributed by atoms with van der Waals surface area (Å²) in [5, 5.41) is 7.60. The molecule has 0 radical (unpaired) electrons. The van der Waals surface area contributed by atoms with E-state index in [1.807, 2.05) is 12.1 Å². The molecule has 292 valence electrons. The average molecular weight is 742 g/mol. The number of para-hydroxylation sites is 2. The number of nitrogens with zero attached hydrogens (tertiary/aromatic N) is 2. The zero-order valence-electron chi connectivity index (χ0n) is 32.5. The number of hydrogen-bond donors (Lipinski definition) is 2. The van der Waals surface area contributed by atoms with Crippen LogP contribution < -0.4 is 20.1 Å². The molecule has 5 rings (SSSR count). The van der Waals surface area contributed by atoms with E-state index in [-0.39, 0.29) is 12.5 Å². The Hall–Kier alpha value is -4.09. The molecule has 0 bridgehead atoms. The van der Waals surface area contributed by atoms with Crippen LogP contribution in [-0.2, 0) is 42.0 Å². The molecule has 3 aromatic rings. The molecule has 2 unspecified atom stereocenters. The van der Waals surface area contributed by atoms with Crippen molar-refractivity contribution in [2.75, 3.05) is 70.8 Å². The zero-order valence-corrected chi connectivity index (χ0v) is 32.5. The highest BCUT2D eigenvalue weighted by molar-refractivity contribution is 5.89. The van der Waals surface area contributed by atoms with Gasteiger partial charge in [0.2, 0.25) is 11.4 Å². The quantitative estimate of drug-likeness (QED) is 0.0799. The standard InChI is InChI=1S/C44H60N4O6/c1-34-30-36(35(2)46-34)12-5-4-6-14-40(49)15-11-22-51-24-26-53-28-29-54-27-25-52-23-20-45-44(50)33-48-39(32-38-13-7-9-17-42(38)48)31-37-19-21-47(3)43-18-10-8-16-41(37)43/h7-10,13,16-19,21,31,35-36,46H,1,4-6,11-12,14-15,20,22-30,32-33H2,2-3H3/p+1. The summed E-state index contributed by atoms with van der Waals surface area (Å²) in [6.45, 7) is 10.8. The number of unbranched alkanes of at least 4 members (excludes halogenated alkanes) is 2. The number of amides is 1. The van der Waals surface area contributed by atoms with Gasteiger partial charge in [-0.25, -0.2) is 4.57 Å². The summed E-state index contributed by atoms with van der Waals surface area (Å²) < 4.78 is 24.6. The van der Waals surface area contributed by atoms with E-state index in [2.05, 4.69) is 95.4 Å². The van der Waals surface area contributed by atoms with Crippen LogP contribution in [0, 0.1) is 5.92 Å². The Morgan fingerprint density at radius 3 is 2.31 bits per heavy atom. The third-order valence-electron chi connectivity index (χ3n) is 10.3. The fourth-order valence-electron chi connectivity index (χ4n) is 7.35. The maximum absolute atomic E-state index is 13.0. The van der Waals surface area contributed by atoms with Gasteiger partial charge in [-0.15, -0.1) is 0 Å². The summed E-state index contributed by atoms with van der Waals surface area (Å²) >= 11 is 0. The number of carbonyl (C=O) groups is 2. The molecule has 2 aromatic carbocycles. The second-order valence-electron chi connectivity index (χ2n) is 14.5. The van der Waals surface area contributed by atoms with E-state index in [0.717, 1.165) is 60.3 Å². The van der Waals surface area contributed by atoms with Crippen molar-refractivity contribution in [1.82, 2.24) is 10.6 Å². The van der Waals surface area contributed by atoms with Crippen LogP contribution in [-0.4, -0.2) is 83.7 Å². The number of nitrogens with one attached hydrogen (secondary N) is 2. The minimum atomic E-state index is -0.0486. The number of ketones is 1. The van der Waals surface area contributed by atoms with Crippen LogP contribution in [0.1, 0.15) is 69.4 Å². The number of aryl methyl sites for hydroxylation is 1. The number of ether oxygens (including phenoxy) is 4. The molecular weight excluding hydrogens is 681 g/mol. The Morgan fingerprint density at radius 2 is 1.56 bits per heavy atom. The smallest absolute Gasteiger partial charge is 0.240 e. The van der Waals surface area contributed by atoms with Gasteiger partial charge in [-0.05, 0) is 67.9 Å². The molecule has 2 aliphatic heterocycles. The number of Topliss-reactive ketones (excluding diaryl/α,β-unsaturated/α-hetero) is 1. The number of anilines is 1. The normalized spacial score (nSPS) is 17.3. The lowest BCUT2D eigenvalue weighted by molar-refractivity contribution is -0.644. The van der Waals surface area contributed by atoms with Crippen LogP contribution in [0.4, 0.5) is 5.69 Å². The number of fused-ring (bicyclic) bond motifs is 2. The van der Waals surface area contributed by atoms with Gasteiger partial charge in [0.05, 0.1) is 51.6 Å². The van der Waals surface area contributed by atoms with Crippen molar-refractivity contribution in [1.29, 1.82) is 0 Å². The predicted molar refractivity (Wildman–Crippen MR) is 214 cm³/mol. The van der Waals surface area contributed by atoms with Crippen LogP contribution in [0.15, 0.2) is 78.8 Å². The van der Waals surface area contributed by atoms with E-state index in [1.165, 1.54) is 23.8 Å². The van der Waals surface area contributed by atoms with Crippen molar-refractivity contribution in [2.45, 2.75) is 70.8 Å². The zero-order chi connectivity index (χ0) is 38.0. The van der Waals surface area contributed by atoms with E-state index < -0.39 is 0 Å². The van der Waals surface area contributed by atoms with E-state index in [0.29, 0.717) is 90.0 Å². The lowest BCUT2D eigenvalue weighted by atomic mass is 9.94. The van der Waals surface area contributed by atoms with E-state index in [1.54, 1.807) is 0 Å². The molecule has 1 amide bonds. The van der Waals surface area contributed by atoms with Gasteiger partial charge in [0, 0.05) is 67.7 Å². The van der Waals surface area contributed by atoms with Gasteiger partial charge in [-0.2, -0.15) is 0 Å². The van der Waals surface area contributed by atoms with Crippen LogP contribution in [0.3, 0.4) is 0 Å². The summed E-state index contributed by atoms with van der Waals surface area (Å²) in [6.07, 6.45) is 12.7. The van der Waals surface area contributed by atoms with Crippen molar-refractivity contribution in [3.63, 3.8) is 0 Å². The molecule has 3 heterocycles. The second-order valence-corrected chi connectivity index (χ2v) is 14.5. The Morgan fingerprint density at radius 1 is 0.870 bits per heavy atom. The first-order chi connectivity index (χ1) is 26.4. The first-order valence-corrected chi connectivity index (χ1v) is 19.9. The summed E-state index contributed by atoms with van der Waals surface area (Å²) in [5.41, 5.74) is 6.85. The Kier molecular flexibility index (Phi) is 17.0. The molecule has 1 aromatic heterocycles. The molecule has 10 heteroatoms. The Bertz CT molecular complexity index is 1690. The minimum absolute atomic E-state index is 0.0486. The molecule has 0 spiro atoms. The van der Waals surface area contributed by atoms with E-state index in [4.69, 9.17) is 18.9 Å². The van der Waals surface area contributed by atoms with Gasteiger partial charge in [-0.1, -0.05) is 49.8 Å². The number of pyridine rings is 1. The highest BCUT2D eigenvalue weighted by atomic mass is 16.6. The Labute approximate surface area is 321 Å². The highest BCUT2D eigenvalue weighted by Crippen LogP contribution is 2.35. The van der Waals surface area contributed by atoms with Crippen LogP contribution in [0.2, 0.25) is 0 Å². The summed E-state index contributed by atoms with van der Waals surface area (Å²) in [4.78, 5) is 27.3. The fraction of sp³-hybridized carbons (Fsp3) is 0.523. The molecule has 1 saturated heterocycles. The second kappa shape index (κ2) is 22.3. The first-order valence-electron chi connectivity index (χ1n) is 19.9. The third-order valence-corrected chi connectivity index (χ3v) is 10.3. The van der Waals surface area contributed by atoms with Gasteiger partial charge in [0.25, 0.3) is 0 Å². The number of hydrogen-bond acceptors (Lipinski definition) is 8. The molecule has 2 aliphatic rings. The van der Waals surface area contributed by atoms with Crippen molar-refractivity contribution in [3.05, 3.63) is 89.9 Å². The minimum Gasteiger partial charge on any atom is -0.386 e. The molecular formula is C44H61N4O6+. The van der Waals surface area contributed by atoms with Gasteiger partial charge < -0.3 is 34.5 Å². The third kappa shape index (κ3) is 13.0. The van der Waals surface area contributed by atoms with Gasteiger partial charge >= 0.3 is 0 Å². The maximum Gasteiger partial charge on any atom is 0.240 e. The van der Waals surface area contributed by atoms with Gasteiger partial charge in [0.1, 0.15) is 19.4 Å². The molecule has 10 nitrogen and oxygen atoms in total. The molecule has 2 atom stereocenters. The van der Waals surface area contributed by atoms with E-state index >= 15 is 0 Å². The number of carbonyl (C=O) groups excluding carboxylic acids is 2. The molecule has 0 saturated carbocycles. The van der Waals surface area contributed by atoms with Crippen LogP contribution in [0.5, 0.6) is 0 Å². The largest absolute Gasteiger partial charge is 0.386 e. The molecule has 0 aliphatic carbocycles. The van der Waals surface area contributed by atoms with Crippen LogP contribution in [0.25, 0.3) is 17.0 Å². The average Bonchev–Trinajstić information content (AvgIpc) is 3.68. The Balaban J connectivity index is 0.839. The summed E-state index contributed by atoms with van der Waals surface area (Å²) in [7, 11) is 2.05. The molecule has 54 heavy (non-hydrogen) atoms. The molecule has 1 fully saturated rings. The lowest BCUT2D eigenvalue weighted by Gasteiger charge is -2.21. The monoisotopic (exact) mass is 741 g/mol. The molecule has 2 N–H and O–H groups in total.